The number of nitrogens with zero attached hydrogens (tertiary/aromatic N) is 2. The molecule has 2 aromatic heterocycles. The summed E-state index contributed by atoms with van der Waals surface area (Å²) < 4.78 is 5.72. The number of nitrogen functional groups attached to an aromatic ring is 1. The maximum absolute atomic E-state index is 5.94. The number of fused-ring (bicyclic) bond motifs is 2. The topological polar surface area (TPSA) is 72.5 Å². The van der Waals surface area contributed by atoms with Crippen LogP contribution in [0.15, 0.2) is 57.4 Å². The number of pyridine rings is 1. The molecule has 1 saturated heterocycles. The number of thiol groups is 1. The van der Waals surface area contributed by atoms with Crippen LogP contribution in [0.2, 0.25) is 0 Å². The summed E-state index contributed by atoms with van der Waals surface area (Å²) in [7, 11) is -0.626. The monoisotopic (exact) mass is 408 g/mol. The third kappa shape index (κ3) is 2.40. The average Bonchev–Trinajstić information content (AvgIpc) is 3.48. The fraction of sp³-hybridized carbons (Fsp3) is 0.238. The first-order chi connectivity index (χ1) is 13.7. The Morgan fingerprint density at radius 2 is 2.18 bits per heavy atom. The average molecular weight is 409 g/mol. The van der Waals surface area contributed by atoms with Crippen LogP contribution in [0.25, 0.3) is 15.8 Å². The maximum atomic E-state index is 5.94. The Morgan fingerprint density at radius 1 is 1.21 bits per heavy atom. The van der Waals surface area contributed by atoms with Gasteiger partial charge in [0.05, 0.1) is 17.8 Å². The molecule has 5 heterocycles. The van der Waals surface area contributed by atoms with Crippen molar-refractivity contribution in [3.8, 4) is 0 Å². The summed E-state index contributed by atoms with van der Waals surface area (Å²) in [6.07, 6.45) is 5.28. The van der Waals surface area contributed by atoms with Crippen LogP contribution in [0.5, 0.6) is 0 Å². The molecular weight excluding hydrogens is 388 g/mol. The van der Waals surface area contributed by atoms with Crippen LogP contribution in [0.1, 0.15) is 11.3 Å². The van der Waals surface area contributed by atoms with E-state index in [0.717, 1.165) is 42.4 Å². The van der Waals surface area contributed by atoms with E-state index in [1.54, 1.807) is 11.3 Å². The van der Waals surface area contributed by atoms with Crippen LogP contribution in [0.4, 0.5) is 11.4 Å². The lowest BCUT2D eigenvalue weighted by atomic mass is 9.90. The Labute approximate surface area is 169 Å². The van der Waals surface area contributed by atoms with Gasteiger partial charge in [0.2, 0.25) is 0 Å². The van der Waals surface area contributed by atoms with Gasteiger partial charge < -0.3 is 15.8 Å². The molecule has 0 bridgehead atoms. The molecule has 7 heteroatoms. The molecule has 28 heavy (non-hydrogen) atoms. The molecule has 2 unspecified atom stereocenters. The molecule has 3 aromatic rings. The number of nitrogens with one attached hydrogen (secondary N) is 1. The highest BCUT2D eigenvalue weighted by molar-refractivity contribution is 8.29. The summed E-state index contributed by atoms with van der Waals surface area (Å²) in [4.78, 5) is 14.3. The predicted molar refractivity (Wildman–Crippen MR) is 118 cm³/mol. The number of aliphatic imine (C=N–C) groups is 1. The first kappa shape index (κ1) is 16.7. The minimum atomic E-state index is -0.626. The molecule has 1 spiro atoms. The van der Waals surface area contributed by atoms with Crippen molar-refractivity contribution < 1.29 is 4.74 Å². The summed E-state index contributed by atoms with van der Waals surface area (Å²) in [6, 6.07) is 10.5. The Balaban J connectivity index is 1.46. The third-order valence-corrected chi connectivity index (χ3v) is 9.02. The highest BCUT2D eigenvalue weighted by atomic mass is 32.2. The minimum absolute atomic E-state index is 0.0225. The zero-order chi connectivity index (χ0) is 18.7. The number of anilines is 1. The number of hydrogen-bond acceptors (Lipinski definition) is 6. The van der Waals surface area contributed by atoms with Crippen molar-refractivity contribution in [3.05, 3.63) is 47.5 Å². The fourth-order valence-electron chi connectivity index (χ4n) is 4.38. The van der Waals surface area contributed by atoms with Gasteiger partial charge in [0.15, 0.2) is 0 Å². The zero-order valence-electron chi connectivity index (χ0n) is 15.2. The van der Waals surface area contributed by atoms with Gasteiger partial charge in [-0.1, -0.05) is 6.08 Å². The molecule has 0 radical (unpaired) electrons. The Hall–Kier alpha value is -2.19. The summed E-state index contributed by atoms with van der Waals surface area (Å²) in [6.45, 7) is 2.48. The second-order valence-corrected chi connectivity index (χ2v) is 10.4. The molecule has 0 saturated carbocycles. The zero-order valence-corrected chi connectivity index (χ0v) is 16.9. The van der Waals surface area contributed by atoms with Gasteiger partial charge in [-0.05, 0) is 42.3 Å². The first-order valence-corrected chi connectivity index (χ1v) is 11.6. The lowest BCUT2D eigenvalue weighted by molar-refractivity contribution is 0.183. The van der Waals surface area contributed by atoms with Gasteiger partial charge in [0.1, 0.15) is 4.83 Å². The van der Waals surface area contributed by atoms with Crippen LogP contribution >= 0.6 is 22.2 Å². The Bertz CT molecular complexity index is 1160. The first-order valence-electron chi connectivity index (χ1n) is 9.39. The minimum Gasteiger partial charge on any atom is -0.399 e. The number of aromatic nitrogens is 1. The third-order valence-electron chi connectivity index (χ3n) is 5.79. The van der Waals surface area contributed by atoms with E-state index in [0.29, 0.717) is 0 Å². The number of nitrogens with two attached hydrogens (primary N) is 1. The predicted octanol–water partition coefficient (Wildman–Crippen LogP) is 4.12. The highest BCUT2D eigenvalue weighted by Crippen LogP contribution is 2.54. The van der Waals surface area contributed by atoms with Crippen LogP contribution < -0.4 is 11.1 Å². The van der Waals surface area contributed by atoms with Crippen molar-refractivity contribution in [1.29, 1.82) is 0 Å². The largest absolute Gasteiger partial charge is 0.399 e. The normalized spacial score (nSPS) is 27.0. The van der Waals surface area contributed by atoms with Crippen LogP contribution in [0.3, 0.4) is 0 Å². The molecule has 0 aliphatic carbocycles. The van der Waals surface area contributed by atoms with E-state index in [2.05, 4.69) is 45.1 Å². The molecule has 3 N–H and O–H groups in total. The summed E-state index contributed by atoms with van der Waals surface area (Å²) in [5, 5.41) is 4.89. The van der Waals surface area contributed by atoms with Crippen LogP contribution in [-0.4, -0.2) is 35.8 Å². The van der Waals surface area contributed by atoms with E-state index in [4.69, 9.17) is 10.5 Å². The Kier molecular flexibility index (Phi) is 3.68. The molecule has 142 valence electrons. The second-order valence-electron chi connectivity index (χ2n) is 7.41. The molecule has 0 amide bonds. The van der Waals surface area contributed by atoms with E-state index < -0.39 is 10.9 Å². The Morgan fingerprint density at radius 3 is 3.07 bits per heavy atom. The standard InChI is InChI=1S/C21H20N4OS2/c22-13-1-2-19-16(9-13)24-12-28(19)18-4-6-23-20-14(18)10-17(27-20)15-3-7-25-21(15)5-8-26-11-21/h1-4,6,9-10,12,25,28H,5,7-8,11,22H2. The fourth-order valence-corrected chi connectivity index (χ4v) is 7.63. The van der Waals surface area contributed by atoms with Crippen molar-refractivity contribution in [2.75, 3.05) is 25.5 Å². The highest BCUT2D eigenvalue weighted by Gasteiger charge is 2.42. The van der Waals surface area contributed by atoms with Gasteiger partial charge in [-0.3, -0.25) is 0 Å². The van der Waals surface area contributed by atoms with Gasteiger partial charge in [-0.25, -0.2) is 9.98 Å². The molecule has 3 aliphatic heterocycles. The maximum Gasteiger partial charge on any atom is 0.124 e. The van der Waals surface area contributed by atoms with Crippen molar-refractivity contribution in [2.24, 2.45) is 4.99 Å². The number of hydrogen-bond donors (Lipinski definition) is 3. The lowest BCUT2D eigenvalue weighted by Crippen LogP contribution is -2.42. The molecule has 6 rings (SSSR count). The van der Waals surface area contributed by atoms with Gasteiger partial charge in [0, 0.05) is 50.6 Å². The van der Waals surface area contributed by atoms with E-state index in [9.17, 15) is 0 Å². The second kappa shape index (κ2) is 6.15. The van der Waals surface area contributed by atoms with Gasteiger partial charge in [-0.15, -0.1) is 11.3 Å². The van der Waals surface area contributed by atoms with E-state index in [-0.39, 0.29) is 5.54 Å². The quantitative estimate of drug-likeness (QED) is 0.441. The van der Waals surface area contributed by atoms with Crippen molar-refractivity contribution >= 4 is 54.9 Å². The van der Waals surface area contributed by atoms with Gasteiger partial charge in [0.25, 0.3) is 0 Å². The molecular formula is C21H20N4OS2. The number of thiophene rings is 1. The number of rotatable bonds is 2. The van der Waals surface area contributed by atoms with Crippen LogP contribution in [0, 0.1) is 0 Å². The number of benzene rings is 1. The van der Waals surface area contributed by atoms with E-state index >= 15 is 0 Å². The summed E-state index contributed by atoms with van der Waals surface area (Å²) in [5.41, 5.74) is 11.1. The van der Waals surface area contributed by atoms with Crippen LogP contribution in [-0.2, 0) is 4.74 Å². The SMILES string of the molecule is Nc1ccc2c(c1)N=C[SH]2c1ccnc2sc(C3=CCNC34CCOC4)cc12. The summed E-state index contributed by atoms with van der Waals surface area (Å²) >= 11 is 1.78. The molecule has 1 aromatic carbocycles. The van der Waals surface area contributed by atoms with Gasteiger partial charge in [-0.2, -0.15) is 10.9 Å². The molecule has 1 fully saturated rings. The van der Waals surface area contributed by atoms with E-state index in [1.165, 1.54) is 25.6 Å². The smallest absolute Gasteiger partial charge is 0.124 e. The van der Waals surface area contributed by atoms with Crippen molar-refractivity contribution in [3.63, 3.8) is 0 Å². The lowest BCUT2D eigenvalue weighted by Gasteiger charge is -2.25. The van der Waals surface area contributed by atoms with Crippen molar-refractivity contribution in [2.45, 2.75) is 21.8 Å². The number of ether oxygens (including phenoxy) is 1. The molecule has 5 nitrogen and oxygen atoms in total. The molecule has 2 atom stereocenters. The van der Waals surface area contributed by atoms with E-state index in [1.807, 2.05) is 18.3 Å². The van der Waals surface area contributed by atoms with Gasteiger partial charge >= 0.3 is 0 Å². The molecule has 3 aliphatic rings. The van der Waals surface area contributed by atoms with Crippen molar-refractivity contribution in [1.82, 2.24) is 10.3 Å². The summed E-state index contributed by atoms with van der Waals surface area (Å²) in [5.74, 6) is 0.